The van der Waals surface area contributed by atoms with Gasteiger partial charge in [-0.1, -0.05) is 45.4 Å². The molecular formula is C10H24AlO4. The zero-order valence-electron chi connectivity index (χ0n) is 9.59. The van der Waals surface area contributed by atoms with Crippen LogP contribution in [0.15, 0.2) is 0 Å². The predicted octanol–water partition coefficient (Wildman–Crippen LogP) is 1.18. The highest BCUT2D eigenvalue weighted by molar-refractivity contribution is 5.75. The first-order chi connectivity index (χ1) is 5.77. The lowest BCUT2D eigenvalue weighted by atomic mass is 10.1. The van der Waals surface area contributed by atoms with Gasteiger partial charge in [-0.05, 0) is 6.42 Å². The lowest BCUT2D eigenvalue weighted by Crippen LogP contribution is -1.93. The van der Waals surface area contributed by atoms with E-state index in [1.807, 2.05) is 0 Å². The van der Waals surface area contributed by atoms with Gasteiger partial charge in [0.25, 0.3) is 0 Å². The van der Waals surface area contributed by atoms with Crippen molar-refractivity contribution in [1.82, 2.24) is 0 Å². The van der Waals surface area contributed by atoms with Crippen LogP contribution in [-0.2, 0) is 4.79 Å². The van der Waals surface area contributed by atoms with Crippen LogP contribution >= 0.6 is 0 Å². The Hall–Kier alpha value is -0.0775. The highest BCUT2D eigenvalue weighted by atomic mass is 27.0. The second kappa shape index (κ2) is 19.5. The van der Waals surface area contributed by atoms with Crippen molar-refractivity contribution in [3.05, 3.63) is 0 Å². The Kier molecular flexibility index (Phi) is 31.5. The Bertz CT molecular complexity index is 120. The Morgan fingerprint density at radius 3 is 1.73 bits per heavy atom. The van der Waals surface area contributed by atoms with Crippen molar-refractivity contribution in [1.29, 1.82) is 0 Å². The molecule has 0 amide bonds. The van der Waals surface area contributed by atoms with E-state index in [-0.39, 0.29) is 28.3 Å². The standard InChI is InChI=1S/C10H20O2.Al.2H2O/c1-2-3-4-5-6-7-8-9-10(11)12;;;/h2-9H2,1H3,(H,11,12);;2*1H2. The molecule has 91 valence electrons. The zero-order valence-corrected chi connectivity index (χ0v) is 10.7. The third-order valence-electron chi connectivity index (χ3n) is 1.99. The van der Waals surface area contributed by atoms with Gasteiger partial charge in [0.2, 0.25) is 0 Å². The van der Waals surface area contributed by atoms with Crippen molar-refractivity contribution in [3.63, 3.8) is 0 Å². The number of carboxylic acid groups (broad SMARTS) is 1. The minimum Gasteiger partial charge on any atom is -0.481 e. The van der Waals surface area contributed by atoms with Crippen molar-refractivity contribution in [2.24, 2.45) is 0 Å². The molecule has 0 unspecified atom stereocenters. The summed E-state index contributed by atoms with van der Waals surface area (Å²) in [5.74, 6) is -0.663. The van der Waals surface area contributed by atoms with E-state index in [1.54, 1.807) is 0 Å². The normalized spacial score (nSPS) is 8.07. The molecule has 5 N–H and O–H groups in total. The SMILES string of the molecule is CCCCCCCCCC(=O)O.O.O.[Al]. The van der Waals surface area contributed by atoms with Crippen LogP contribution in [0.1, 0.15) is 58.3 Å². The smallest absolute Gasteiger partial charge is 0.303 e. The number of hydrogen-bond acceptors (Lipinski definition) is 1. The van der Waals surface area contributed by atoms with E-state index < -0.39 is 5.97 Å². The van der Waals surface area contributed by atoms with Crippen molar-refractivity contribution >= 4 is 23.3 Å². The van der Waals surface area contributed by atoms with Gasteiger partial charge in [-0.3, -0.25) is 4.79 Å². The summed E-state index contributed by atoms with van der Waals surface area (Å²) in [7, 11) is 0. The lowest BCUT2D eigenvalue weighted by Gasteiger charge is -1.98. The largest absolute Gasteiger partial charge is 0.481 e. The third-order valence-corrected chi connectivity index (χ3v) is 1.99. The maximum absolute atomic E-state index is 10.1. The van der Waals surface area contributed by atoms with Crippen LogP contribution in [0.5, 0.6) is 0 Å². The second-order valence-corrected chi connectivity index (χ2v) is 3.27. The van der Waals surface area contributed by atoms with E-state index in [1.165, 1.54) is 32.1 Å². The molecule has 0 rings (SSSR count). The lowest BCUT2D eigenvalue weighted by molar-refractivity contribution is -0.137. The molecule has 0 aromatic heterocycles. The summed E-state index contributed by atoms with van der Waals surface area (Å²) in [5, 5.41) is 8.35. The first-order valence-corrected chi connectivity index (χ1v) is 4.99. The molecule has 15 heavy (non-hydrogen) atoms. The van der Waals surface area contributed by atoms with Crippen LogP contribution in [-0.4, -0.2) is 39.4 Å². The van der Waals surface area contributed by atoms with Gasteiger partial charge in [0.1, 0.15) is 0 Å². The highest BCUT2D eigenvalue weighted by Crippen LogP contribution is 2.07. The van der Waals surface area contributed by atoms with Gasteiger partial charge in [-0.15, -0.1) is 0 Å². The monoisotopic (exact) mass is 235 g/mol. The summed E-state index contributed by atoms with van der Waals surface area (Å²) in [6.45, 7) is 2.20. The van der Waals surface area contributed by atoms with Crippen molar-refractivity contribution in [2.45, 2.75) is 58.3 Å². The summed E-state index contributed by atoms with van der Waals surface area (Å²) in [5.41, 5.74) is 0. The van der Waals surface area contributed by atoms with E-state index >= 15 is 0 Å². The minimum atomic E-state index is -0.663. The first kappa shape index (κ1) is 24.2. The van der Waals surface area contributed by atoms with Gasteiger partial charge >= 0.3 is 5.97 Å². The molecule has 4 nitrogen and oxygen atoms in total. The summed E-state index contributed by atoms with van der Waals surface area (Å²) in [6.07, 6.45) is 8.64. The van der Waals surface area contributed by atoms with Gasteiger partial charge in [0, 0.05) is 23.8 Å². The fraction of sp³-hybridized carbons (Fsp3) is 0.900. The van der Waals surface area contributed by atoms with E-state index in [4.69, 9.17) is 5.11 Å². The van der Waals surface area contributed by atoms with Crippen molar-refractivity contribution in [2.75, 3.05) is 0 Å². The second-order valence-electron chi connectivity index (χ2n) is 3.27. The summed E-state index contributed by atoms with van der Waals surface area (Å²) >= 11 is 0. The molecule has 0 saturated carbocycles. The molecule has 0 aromatic carbocycles. The molecule has 0 spiro atoms. The van der Waals surface area contributed by atoms with Crippen LogP contribution < -0.4 is 0 Å². The number of unbranched alkanes of at least 4 members (excludes halogenated alkanes) is 6. The van der Waals surface area contributed by atoms with E-state index in [0.29, 0.717) is 6.42 Å². The van der Waals surface area contributed by atoms with Gasteiger partial charge in [-0.25, -0.2) is 0 Å². The number of carbonyl (C=O) groups is 1. The van der Waals surface area contributed by atoms with Gasteiger partial charge in [-0.2, -0.15) is 0 Å². The van der Waals surface area contributed by atoms with Crippen LogP contribution in [0.2, 0.25) is 0 Å². The molecular weight excluding hydrogens is 211 g/mol. The van der Waals surface area contributed by atoms with Crippen molar-refractivity contribution in [3.8, 4) is 0 Å². The number of hydrogen-bond donors (Lipinski definition) is 1. The zero-order chi connectivity index (χ0) is 9.23. The van der Waals surface area contributed by atoms with Crippen LogP contribution in [0.25, 0.3) is 0 Å². The summed E-state index contributed by atoms with van der Waals surface area (Å²) < 4.78 is 0. The molecule has 0 fully saturated rings. The van der Waals surface area contributed by atoms with Gasteiger partial charge in [0.15, 0.2) is 0 Å². The fourth-order valence-corrected chi connectivity index (χ4v) is 1.23. The molecule has 0 aromatic rings. The molecule has 0 saturated heterocycles. The number of aliphatic carboxylic acids is 1. The summed E-state index contributed by atoms with van der Waals surface area (Å²) in [4.78, 5) is 10.1. The highest BCUT2D eigenvalue weighted by Gasteiger charge is 1.95. The summed E-state index contributed by atoms with van der Waals surface area (Å²) in [6, 6.07) is 0. The maximum atomic E-state index is 10.1. The topological polar surface area (TPSA) is 100 Å². The minimum absolute atomic E-state index is 0. The molecule has 0 aliphatic rings. The van der Waals surface area contributed by atoms with E-state index in [9.17, 15) is 4.79 Å². The Morgan fingerprint density at radius 2 is 1.33 bits per heavy atom. The molecule has 0 atom stereocenters. The third kappa shape index (κ3) is 24.9. The molecule has 0 bridgehead atoms. The average molecular weight is 235 g/mol. The molecule has 5 heteroatoms. The first-order valence-electron chi connectivity index (χ1n) is 4.99. The fourth-order valence-electron chi connectivity index (χ4n) is 1.23. The van der Waals surface area contributed by atoms with Crippen LogP contribution in [0.4, 0.5) is 0 Å². The van der Waals surface area contributed by atoms with Crippen LogP contribution in [0.3, 0.4) is 0 Å². The number of carboxylic acids is 1. The van der Waals surface area contributed by atoms with Gasteiger partial charge in [0.05, 0.1) is 0 Å². The Balaban J connectivity index is -0.000000202. The van der Waals surface area contributed by atoms with Gasteiger partial charge < -0.3 is 16.1 Å². The van der Waals surface area contributed by atoms with E-state index in [0.717, 1.165) is 12.8 Å². The van der Waals surface area contributed by atoms with Crippen LogP contribution in [0, 0.1) is 0 Å². The quantitative estimate of drug-likeness (QED) is 0.504. The van der Waals surface area contributed by atoms with E-state index in [2.05, 4.69) is 6.92 Å². The molecule has 0 aliphatic carbocycles. The number of rotatable bonds is 8. The Morgan fingerprint density at radius 1 is 0.933 bits per heavy atom. The predicted molar refractivity (Wildman–Crippen MR) is 63.2 cm³/mol. The molecule has 0 heterocycles. The maximum Gasteiger partial charge on any atom is 0.303 e. The molecule has 3 radical (unpaired) electrons. The average Bonchev–Trinajstić information content (AvgIpc) is 2.02. The molecule has 0 aliphatic heterocycles. The van der Waals surface area contributed by atoms with Crippen molar-refractivity contribution < 1.29 is 20.9 Å². The Labute approximate surface area is 103 Å².